The molecule has 0 aliphatic rings. The summed E-state index contributed by atoms with van der Waals surface area (Å²) in [4.78, 5) is 24.5. The number of carbonyl (C=O) groups is 2. The van der Waals surface area contributed by atoms with Gasteiger partial charge in [-0.2, -0.15) is 74.6 Å². The molecule has 392 valence electrons. The van der Waals surface area contributed by atoms with Crippen molar-refractivity contribution in [1.29, 1.82) is 0 Å². The third-order valence-corrected chi connectivity index (χ3v) is 16.6. The Morgan fingerprint density at radius 1 is 0.681 bits per heavy atom. The maximum Gasteiger partial charge on any atom is 0.460 e. The number of anilines is 1. The number of halogens is 17. The fourth-order valence-corrected chi connectivity index (χ4v) is 11.3. The normalized spacial score (nSPS) is 15.1. The lowest BCUT2D eigenvalue weighted by Crippen LogP contribution is -2.74. The first kappa shape index (κ1) is 60.3. The summed E-state index contributed by atoms with van der Waals surface area (Å²) in [5.41, 5.74) is 0.917. The Kier molecular flexibility index (Phi) is 19.7. The van der Waals surface area contributed by atoms with Crippen LogP contribution in [0.5, 0.6) is 11.5 Å². The van der Waals surface area contributed by atoms with Crippen LogP contribution >= 0.6 is 0 Å². The van der Waals surface area contributed by atoms with Crippen molar-refractivity contribution in [2.24, 2.45) is 5.92 Å². The van der Waals surface area contributed by atoms with Crippen molar-refractivity contribution in [3.05, 3.63) is 77.9 Å². The molecule has 0 saturated carbocycles. The van der Waals surface area contributed by atoms with Gasteiger partial charge in [0.1, 0.15) is 24.2 Å². The Bertz CT molecular complexity index is 2060. The standard InChI is InChI=1S/C42H49F17N2O7Si/c1-24(2)69(25(3)4,22-19-35(43,44)36(45,46)37(47,48)38(49,50)39(51,52)40(53,54)41(55,56)42(57,58)59)67-21-20-66-31-15-11-28(12-16-31)33(27(6)10-8-9-26(5)23-32(62)61-64)68-34(63)60-29-13-17-30(65-7)18-14-29/h8-9,11-18,23-25,27,33,64H,10,19-22H2,1-7H3,(H,60,63)(H,61,62)/b9-8+,26-23+/t27-,33+/m1/s1. The van der Waals surface area contributed by atoms with Gasteiger partial charge in [0.2, 0.25) is 0 Å². The molecule has 2 amide bonds. The van der Waals surface area contributed by atoms with Crippen molar-refractivity contribution in [2.45, 2.75) is 125 Å². The van der Waals surface area contributed by atoms with Crippen LogP contribution in [0.15, 0.2) is 72.3 Å². The maximum atomic E-state index is 15.0. The van der Waals surface area contributed by atoms with E-state index in [1.54, 1.807) is 50.3 Å². The molecule has 3 N–H and O–H groups in total. The average Bonchev–Trinajstić information content (AvgIpc) is 3.24. The van der Waals surface area contributed by atoms with Gasteiger partial charge in [-0.3, -0.25) is 15.3 Å². The maximum absolute atomic E-state index is 15.0. The first-order valence-electron chi connectivity index (χ1n) is 20.3. The van der Waals surface area contributed by atoms with Crippen LogP contribution in [0.2, 0.25) is 17.1 Å². The Hall–Kier alpha value is -4.79. The van der Waals surface area contributed by atoms with Gasteiger partial charge >= 0.3 is 53.7 Å². The molecule has 2 aromatic carbocycles. The van der Waals surface area contributed by atoms with E-state index in [4.69, 9.17) is 23.8 Å². The lowest BCUT2D eigenvalue weighted by molar-refractivity contribution is -0.461. The summed E-state index contributed by atoms with van der Waals surface area (Å²) >= 11 is 0. The SMILES string of the molecule is COc1ccc(NC(=O)O[C@H](c2ccc(OCCO[Si](CCC(F)(F)C(F)(F)C(F)(F)C(F)(F)C(F)(F)C(F)(F)C(F)(F)C(F)(F)F)(C(C)C)C(C)C)cc2)[C@H](C)C/C=C/C(C)=C/C(=O)NO)cc1. The molecule has 0 heterocycles. The summed E-state index contributed by atoms with van der Waals surface area (Å²) in [7, 11) is -2.58. The molecular formula is C42H49F17N2O7Si. The number of hydrogen-bond donors (Lipinski definition) is 3. The van der Waals surface area contributed by atoms with Gasteiger partial charge in [0.15, 0.2) is 8.32 Å². The van der Waals surface area contributed by atoms with Crippen molar-refractivity contribution in [2.75, 3.05) is 25.6 Å². The molecule has 0 aliphatic carbocycles. The third kappa shape index (κ3) is 13.0. The highest BCUT2D eigenvalue weighted by Gasteiger charge is 2.95. The van der Waals surface area contributed by atoms with Crippen LogP contribution < -0.4 is 20.3 Å². The van der Waals surface area contributed by atoms with E-state index in [1.807, 2.05) is 0 Å². The first-order valence-corrected chi connectivity index (χ1v) is 22.6. The highest BCUT2D eigenvalue weighted by molar-refractivity contribution is 6.76. The number of benzene rings is 2. The minimum Gasteiger partial charge on any atom is -0.497 e. The molecule has 69 heavy (non-hydrogen) atoms. The van der Waals surface area contributed by atoms with Crippen LogP contribution in [0.4, 0.5) is 85.1 Å². The molecule has 2 aromatic rings. The quantitative estimate of drug-likeness (QED) is 0.0173. The summed E-state index contributed by atoms with van der Waals surface area (Å²) in [5, 5.41) is 11.3. The van der Waals surface area contributed by atoms with Crippen LogP contribution in [0.3, 0.4) is 0 Å². The number of alkyl halides is 17. The predicted octanol–water partition coefficient (Wildman–Crippen LogP) is 13.6. The van der Waals surface area contributed by atoms with Gasteiger partial charge < -0.3 is 18.6 Å². The van der Waals surface area contributed by atoms with E-state index in [9.17, 15) is 75.4 Å². The van der Waals surface area contributed by atoms with Gasteiger partial charge in [-0.15, -0.1) is 0 Å². The number of hydroxylamine groups is 1. The van der Waals surface area contributed by atoms with Crippen LogP contribution in [-0.2, 0) is 14.0 Å². The number of amides is 2. The van der Waals surface area contributed by atoms with Gasteiger partial charge in [-0.1, -0.05) is 58.9 Å². The van der Waals surface area contributed by atoms with Crippen molar-refractivity contribution >= 4 is 26.0 Å². The van der Waals surface area contributed by atoms with E-state index >= 15 is 8.78 Å². The molecule has 0 saturated heterocycles. The largest absolute Gasteiger partial charge is 0.497 e. The number of methoxy groups -OCH3 is 1. The Morgan fingerprint density at radius 2 is 1.16 bits per heavy atom. The zero-order chi connectivity index (χ0) is 53.4. The van der Waals surface area contributed by atoms with Crippen LogP contribution in [0.1, 0.15) is 66.1 Å². The minimum atomic E-state index is -8.71. The highest BCUT2D eigenvalue weighted by atomic mass is 28.4. The zero-order valence-corrected chi connectivity index (χ0v) is 38.5. The first-order chi connectivity index (χ1) is 31.3. The predicted molar refractivity (Wildman–Crippen MR) is 216 cm³/mol. The molecule has 2 rings (SSSR count). The fraction of sp³-hybridized carbons (Fsp3) is 0.571. The number of hydrogen-bond acceptors (Lipinski definition) is 7. The second-order valence-corrected chi connectivity index (χ2v) is 21.3. The molecule has 2 atom stereocenters. The zero-order valence-electron chi connectivity index (χ0n) is 37.5. The molecule has 27 heteroatoms. The van der Waals surface area contributed by atoms with Gasteiger partial charge in [-0.05, 0) is 78.0 Å². The molecule has 0 spiro atoms. The lowest BCUT2D eigenvalue weighted by atomic mass is 9.88. The Morgan fingerprint density at radius 3 is 1.62 bits per heavy atom. The fourth-order valence-electron chi connectivity index (χ4n) is 6.83. The molecule has 0 unspecified atom stereocenters. The second kappa shape index (κ2) is 22.5. The summed E-state index contributed by atoms with van der Waals surface area (Å²) in [6, 6.07) is 10.8. The van der Waals surface area contributed by atoms with Crippen LogP contribution in [-0.4, -0.2) is 93.5 Å². The van der Waals surface area contributed by atoms with Crippen molar-refractivity contribution in [3.8, 4) is 11.5 Å². The van der Waals surface area contributed by atoms with E-state index in [1.165, 1.54) is 64.6 Å². The summed E-state index contributed by atoms with van der Waals surface area (Å²) in [6.45, 7) is 7.61. The van der Waals surface area contributed by atoms with Gasteiger partial charge in [0.05, 0.1) is 13.7 Å². The van der Waals surface area contributed by atoms with E-state index in [0.717, 1.165) is 6.08 Å². The summed E-state index contributed by atoms with van der Waals surface area (Å²) < 4.78 is 259. The summed E-state index contributed by atoms with van der Waals surface area (Å²) in [6.07, 6.45) is -7.56. The van der Waals surface area contributed by atoms with Crippen LogP contribution in [0.25, 0.3) is 0 Å². The smallest absolute Gasteiger partial charge is 0.460 e. The molecule has 0 fully saturated rings. The Labute approximate surface area is 385 Å². The van der Waals surface area contributed by atoms with Gasteiger partial charge in [0, 0.05) is 24.1 Å². The molecule has 0 aromatic heterocycles. The average molecular weight is 1040 g/mol. The van der Waals surface area contributed by atoms with E-state index in [-0.39, 0.29) is 12.2 Å². The second-order valence-electron chi connectivity index (χ2n) is 16.3. The molecule has 0 aliphatic heterocycles. The minimum absolute atomic E-state index is 0.116. The number of allylic oxidation sites excluding steroid dienone is 3. The van der Waals surface area contributed by atoms with Crippen molar-refractivity contribution < 1.29 is 108 Å². The number of nitrogens with one attached hydrogen (secondary N) is 2. The van der Waals surface area contributed by atoms with Crippen molar-refractivity contribution in [1.82, 2.24) is 5.48 Å². The number of carbonyl (C=O) groups excluding carboxylic acids is 2. The Balaban J connectivity index is 2.31. The topological polar surface area (TPSA) is 115 Å². The molecular weight excluding hydrogens is 996 g/mol. The molecule has 9 nitrogen and oxygen atoms in total. The van der Waals surface area contributed by atoms with Gasteiger partial charge in [-0.25, -0.2) is 10.3 Å². The molecule has 0 bridgehead atoms. The van der Waals surface area contributed by atoms with Crippen LogP contribution in [0, 0.1) is 5.92 Å². The van der Waals surface area contributed by atoms with E-state index in [2.05, 4.69) is 5.32 Å². The third-order valence-electron chi connectivity index (χ3n) is 10.9. The highest BCUT2D eigenvalue weighted by Crippen LogP contribution is 2.64. The van der Waals surface area contributed by atoms with E-state index < -0.39 is 117 Å². The van der Waals surface area contributed by atoms with Crippen molar-refractivity contribution in [3.63, 3.8) is 0 Å². The lowest BCUT2D eigenvalue weighted by Gasteiger charge is -2.44. The van der Waals surface area contributed by atoms with E-state index in [0.29, 0.717) is 22.6 Å². The van der Waals surface area contributed by atoms with Gasteiger partial charge in [0.25, 0.3) is 5.91 Å². The summed E-state index contributed by atoms with van der Waals surface area (Å²) in [5.74, 6) is -57.5. The molecule has 0 radical (unpaired) electrons. The monoisotopic (exact) mass is 1040 g/mol. The number of ether oxygens (including phenoxy) is 3. The number of rotatable bonds is 25.